The summed E-state index contributed by atoms with van der Waals surface area (Å²) < 4.78 is 12.7. The molecule has 1 saturated heterocycles. The lowest BCUT2D eigenvalue weighted by Gasteiger charge is -2.10. The normalized spacial score (nSPS) is 17.9. The number of ether oxygens (including phenoxy) is 2. The van der Waals surface area contributed by atoms with Crippen molar-refractivity contribution in [3.63, 3.8) is 0 Å². The number of benzene rings is 1. The Morgan fingerprint density at radius 3 is 3.00 bits per heavy atom. The van der Waals surface area contributed by atoms with Crippen LogP contribution >= 0.6 is 31.9 Å². The van der Waals surface area contributed by atoms with Gasteiger partial charge in [0.25, 0.3) is 5.91 Å². The fourth-order valence-corrected chi connectivity index (χ4v) is 3.36. The highest BCUT2D eigenvalue weighted by Crippen LogP contribution is 2.21. The van der Waals surface area contributed by atoms with E-state index in [0.29, 0.717) is 25.3 Å². The maximum atomic E-state index is 12.0. The molecule has 6 heteroatoms. The molecule has 0 aliphatic carbocycles. The molecule has 1 unspecified atom stereocenters. The molecule has 1 aliphatic rings. The van der Waals surface area contributed by atoms with Gasteiger partial charge < -0.3 is 14.8 Å². The Morgan fingerprint density at radius 2 is 2.29 bits per heavy atom. The summed E-state index contributed by atoms with van der Waals surface area (Å²) in [7, 11) is 0. The molecule has 21 heavy (non-hydrogen) atoms. The predicted molar refractivity (Wildman–Crippen MR) is 88.6 cm³/mol. The van der Waals surface area contributed by atoms with Gasteiger partial charge in [-0.25, -0.2) is 0 Å². The molecule has 1 aromatic rings. The second-order valence-electron chi connectivity index (χ2n) is 4.94. The van der Waals surface area contributed by atoms with Gasteiger partial charge in [0.15, 0.2) is 0 Å². The van der Waals surface area contributed by atoms with E-state index >= 15 is 0 Å². The van der Waals surface area contributed by atoms with Gasteiger partial charge in [0.2, 0.25) is 0 Å². The molecule has 1 N–H and O–H groups in total. The van der Waals surface area contributed by atoms with Crippen molar-refractivity contribution in [1.82, 2.24) is 5.32 Å². The van der Waals surface area contributed by atoms with Crippen LogP contribution in [0.2, 0.25) is 0 Å². The van der Waals surface area contributed by atoms with Gasteiger partial charge in [0.05, 0.1) is 18.3 Å². The molecule has 0 aromatic heterocycles. The second-order valence-corrected chi connectivity index (χ2v) is 6.71. The summed E-state index contributed by atoms with van der Waals surface area (Å²) in [6.07, 6.45) is 3.28. The first-order valence-corrected chi connectivity index (χ1v) is 8.68. The van der Waals surface area contributed by atoms with Crippen molar-refractivity contribution >= 4 is 37.8 Å². The summed E-state index contributed by atoms with van der Waals surface area (Å²) in [4.78, 5) is 12.0. The smallest absolute Gasteiger partial charge is 0.252 e. The fraction of sp³-hybridized carbons (Fsp3) is 0.533. The number of amides is 1. The quantitative estimate of drug-likeness (QED) is 0.686. The van der Waals surface area contributed by atoms with E-state index in [-0.39, 0.29) is 12.0 Å². The van der Waals surface area contributed by atoms with Crippen molar-refractivity contribution in [2.75, 3.05) is 26.4 Å². The Bertz CT molecular complexity index is 476. The Morgan fingerprint density at radius 1 is 1.43 bits per heavy atom. The predicted octanol–water partition coefficient (Wildman–Crippen LogP) is 3.53. The van der Waals surface area contributed by atoms with E-state index in [1.165, 1.54) is 0 Å². The summed E-state index contributed by atoms with van der Waals surface area (Å²) in [5, 5.41) is 2.89. The van der Waals surface area contributed by atoms with Crippen molar-refractivity contribution in [3.05, 3.63) is 32.7 Å². The molecule has 1 aromatic carbocycles. The van der Waals surface area contributed by atoms with E-state index < -0.39 is 0 Å². The second kappa shape index (κ2) is 8.88. The number of carbonyl (C=O) groups excluding carboxylic acids is 1. The molecule has 1 atom stereocenters. The molecule has 0 bridgehead atoms. The molecule has 4 nitrogen and oxygen atoms in total. The maximum absolute atomic E-state index is 12.0. The number of halogens is 2. The lowest BCUT2D eigenvalue weighted by molar-refractivity contribution is 0.0166. The summed E-state index contributed by atoms with van der Waals surface area (Å²) in [6.45, 7) is 2.76. The Kier molecular flexibility index (Phi) is 7.16. The van der Waals surface area contributed by atoms with E-state index in [9.17, 15) is 4.79 Å². The van der Waals surface area contributed by atoms with Crippen molar-refractivity contribution < 1.29 is 14.3 Å². The van der Waals surface area contributed by atoms with Crippen LogP contribution in [0.3, 0.4) is 0 Å². The van der Waals surface area contributed by atoms with Gasteiger partial charge in [0, 0.05) is 28.7 Å². The Balaban J connectivity index is 1.60. The number of hydrogen-bond acceptors (Lipinski definition) is 3. The van der Waals surface area contributed by atoms with Crippen LogP contribution in [0.5, 0.6) is 0 Å². The first-order chi connectivity index (χ1) is 10.2. The highest BCUT2D eigenvalue weighted by molar-refractivity contribution is 9.11. The number of hydrogen-bond donors (Lipinski definition) is 1. The van der Waals surface area contributed by atoms with E-state index in [0.717, 1.165) is 34.8 Å². The minimum atomic E-state index is -0.0755. The highest BCUT2D eigenvalue weighted by atomic mass is 79.9. The summed E-state index contributed by atoms with van der Waals surface area (Å²) in [6, 6.07) is 5.50. The number of carbonyl (C=O) groups is 1. The molecule has 1 amide bonds. The Labute approximate surface area is 141 Å². The summed E-state index contributed by atoms with van der Waals surface area (Å²) in [5.41, 5.74) is 0.637. The number of nitrogens with one attached hydrogen (secondary N) is 1. The van der Waals surface area contributed by atoms with Crippen LogP contribution in [-0.4, -0.2) is 38.4 Å². The van der Waals surface area contributed by atoms with E-state index in [2.05, 4.69) is 37.2 Å². The van der Waals surface area contributed by atoms with E-state index in [1.54, 1.807) is 6.07 Å². The third-order valence-corrected chi connectivity index (χ3v) is 4.40. The molecular weight excluding hydrogens is 402 g/mol. The molecule has 0 spiro atoms. The van der Waals surface area contributed by atoms with Crippen LogP contribution in [0.1, 0.15) is 29.6 Å². The van der Waals surface area contributed by atoms with Crippen LogP contribution in [0.25, 0.3) is 0 Å². The first kappa shape index (κ1) is 16.9. The van der Waals surface area contributed by atoms with Crippen molar-refractivity contribution in [3.8, 4) is 0 Å². The minimum absolute atomic E-state index is 0.0755. The average molecular weight is 421 g/mol. The zero-order chi connectivity index (χ0) is 15.1. The molecule has 0 saturated carbocycles. The SMILES string of the molecule is O=C(NCCCOCC1CCCO1)c1ccc(Br)cc1Br. The molecule has 116 valence electrons. The minimum Gasteiger partial charge on any atom is -0.379 e. The van der Waals surface area contributed by atoms with Crippen LogP contribution in [0, 0.1) is 0 Å². The third-order valence-electron chi connectivity index (χ3n) is 3.25. The van der Waals surface area contributed by atoms with Gasteiger partial charge in [-0.3, -0.25) is 4.79 Å². The average Bonchev–Trinajstić information content (AvgIpc) is 2.95. The summed E-state index contributed by atoms with van der Waals surface area (Å²) in [5.74, 6) is -0.0755. The zero-order valence-corrected chi connectivity index (χ0v) is 14.9. The van der Waals surface area contributed by atoms with Gasteiger partial charge in [-0.05, 0) is 53.4 Å². The number of rotatable bonds is 7. The molecule has 1 aliphatic heterocycles. The van der Waals surface area contributed by atoms with Crippen LogP contribution in [-0.2, 0) is 9.47 Å². The standard InChI is InChI=1S/C15H19Br2NO3/c16-11-4-5-13(14(17)9-11)15(19)18-6-2-7-20-10-12-3-1-8-21-12/h4-5,9,12H,1-3,6-8,10H2,(H,18,19). The van der Waals surface area contributed by atoms with Crippen LogP contribution < -0.4 is 5.32 Å². The van der Waals surface area contributed by atoms with Gasteiger partial charge in [-0.1, -0.05) is 15.9 Å². The maximum Gasteiger partial charge on any atom is 0.252 e. The van der Waals surface area contributed by atoms with Crippen LogP contribution in [0.15, 0.2) is 27.1 Å². The zero-order valence-electron chi connectivity index (χ0n) is 11.7. The molecular formula is C15H19Br2NO3. The molecule has 2 rings (SSSR count). The molecule has 0 radical (unpaired) electrons. The monoisotopic (exact) mass is 419 g/mol. The van der Waals surface area contributed by atoms with E-state index in [1.807, 2.05) is 12.1 Å². The lowest BCUT2D eigenvalue weighted by atomic mass is 10.2. The highest BCUT2D eigenvalue weighted by Gasteiger charge is 2.15. The topological polar surface area (TPSA) is 47.6 Å². The van der Waals surface area contributed by atoms with Crippen molar-refractivity contribution in [1.29, 1.82) is 0 Å². The van der Waals surface area contributed by atoms with Gasteiger partial charge >= 0.3 is 0 Å². The fourth-order valence-electron chi connectivity index (χ4n) is 2.14. The van der Waals surface area contributed by atoms with E-state index in [4.69, 9.17) is 9.47 Å². The largest absolute Gasteiger partial charge is 0.379 e. The van der Waals surface area contributed by atoms with Crippen LogP contribution in [0.4, 0.5) is 0 Å². The molecule has 1 fully saturated rings. The van der Waals surface area contributed by atoms with Gasteiger partial charge in [-0.15, -0.1) is 0 Å². The van der Waals surface area contributed by atoms with Crippen molar-refractivity contribution in [2.45, 2.75) is 25.4 Å². The Hall–Kier alpha value is -0.430. The van der Waals surface area contributed by atoms with Gasteiger partial charge in [0.1, 0.15) is 0 Å². The summed E-state index contributed by atoms with van der Waals surface area (Å²) >= 11 is 6.76. The van der Waals surface area contributed by atoms with Crippen molar-refractivity contribution in [2.24, 2.45) is 0 Å². The van der Waals surface area contributed by atoms with Gasteiger partial charge in [-0.2, -0.15) is 0 Å². The lowest BCUT2D eigenvalue weighted by Crippen LogP contribution is -2.26. The third kappa shape index (κ3) is 5.70. The molecule has 1 heterocycles. The first-order valence-electron chi connectivity index (χ1n) is 7.09.